The zero-order chi connectivity index (χ0) is 12.7. The quantitative estimate of drug-likeness (QED) is 0.730. The summed E-state index contributed by atoms with van der Waals surface area (Å²) >= 11 is 0. The molecule has 2 rings (SSSR count). The first-order valence-electron chi connectivity index (χ1n) is 5.20. The van der Waals surface area contributed by atoms with Crippen LogP contribution in [-0.2, 0) is 0 Å². The fourth-order valence-corrected chi connectivity index (χ4v) is 1.35. The van der Waals surface area contributed by atoms with Crippen molar-refractivity contribution < 1.29 is 24.5 Å². The molecule has 0 saturated heterocycles. The van der Waals surface area contributed by atoms with Gasteiger partial charge in [0.1, 0.15) is 12.0 Å². The maximum absolute atomic E-state index is 11.4. The van der Waals surface area contributed by atoms with Gasteiger partial charge in [-0.2, -0.15) is 0 Å². The summed E-state index contributed by atoms with van der Waals surface area (Å²) in [5, 5.41) is 15.2. The van der Waals surface area contributed by atoms with Crippen molar-refractivity contribution in [1.29, 1.82) is 0 Å². The molecule has 0 spiro atoms. The normalized spacial score (nSPS) is 12.9. The number of rotatable bonds is 2. The molecular weight excluding hydrogens is 224 g/mol. The van der Waals surface area contributed by atoms with Gasteiger partial charge in [0, 0.05) is 12.0 Å². The molecule has 1 aliphatic heterocycles. The van der Waals surface area contributed by atoms with Gasteiger partial charge in [-0.15, -0.1) is 0 Å². The van der Waals surface area contributed by atoms with Gasteiger partial charge in [0.05, 0.1) is 25.4 Å². The van der Waals surface area contributed by atoms with E-state index in [1.165, 1.54) is 0 Å². The largest absolute Gasteiger partial charge is 0.492 e. The van der Waals surface area contributed by atoms with Crippen molar-refractivity contribution in [2.45, 2.75) is 6.42 Å². The minimum Gasteiger partial charge on any atom is -0.492 e. The molecule has 0 atom stereocenters. The highest BCUT2D eigenvalue weighted by molar-refractivity contribution is 6.00. The Bertz CT molecular complexity index is 398. The van der Waals surface area contributed by atoms with Crippen LogP contribution in [-0.4, -0.2) is 42.1 Å². The van der Waals surface area contributed by atoms with Gasteiger partial charge in [-0.25, -0.2) is 0 Å². The Morgan fingerprint density at radius 1 is 1.29 bits per heavy atom. The molecule has 1 aromatic carbocycles. The van der Waals surface area contributed by atoms with E-state index in [1.807, 2.05) is 0 Å². The number of benzene rings is 1. The molecular formula is C12H14O5. The molecule has 92 valence electrons. The summed E-state index contributed by atoms with van der Waals surface area (Å²) in [5.41, 5.74) is 1.04. The lowest BCUT2D eigenvalue weighted by Crippen LogP contribution is -2.15. The molecule has 2 N–H and O–H groups in total. The number of ether oxygens (including phenoxy) is 1. The molecule has 0 unspecified atom stereocenters. The van der Waals surface area contributed by atoms with Gasteiger partial charge in [-0.1, -0.05) is 0 Å². The average molecular weight is 238 g/mol. The average Bonchev–Trinajstić information content (AvgIpc) is 2.39. The number of aliphatic hydroxyl groups excluding tert-OH is 2. The van der Waals surface area contributed by atoms with Crippen LogP contribution in [0.25, 0.3) is 0 Å². The molecule has 1 aliphatic rings. The third-order valence-corrected chi connectivity index (χ3v) is 2.13. The fourth-order valence-electron chi connectivity index (χ4n) is 1.35. The lowest BCUT2D eigenvalue weighted by Gasteiger charge is -2.15. The van der Waals surface area contributed by atoms with Crippen molar-refractivity contribution in [3.63, 3.8) is 0 Å². The highest BCUT2D eigenvalue weighted by atomic mass is 16.5. The zero-order valence-corrected chi connectivity index (χ0v) is 9.26. The molecule has 1 aromatic rings. The minimum absolute atomic E-state index is 0.0463. The molecule has 1 heterocycles. The molecule has 0 bridgehead atoms. The maximum Gasteiger partial charge on any atom is 0.170 e. The maximum atomic E-state index is 11.4. The Morgan fingerprint density at radius 3 is 2.59 bits per heavy atom. The third-order valence-electron chi connectivity index (χ3n) is 2.13. The number of aldehydes is 1. The standard InChI is InChI=1S/C10H8O3.C2H6O2/c11-6-7-1-2-10-8(5-7)9(12)3-4-13-10;3-1-2-4/h1-2,5-6H,3-4H2;3-4H,1-2H2. The third kappa shape index (κ3) is 3.65. The van der Waals surface area contributed by atoms with Crippen LogP contribution in [0.15, 0.2) is 18.2 Å². The predicted molar refractivity (Wildman–Crippen MR) is 60.4 cm³/mol. The number of carbonyl (C=O) groups is 2. The highest BCUT2D eigenvalue weighted by Gasteiger charge is 2.18. The number of hydrogen-bond acceptors (Lipinski definition) is 5. The number of Topliss-reactive ketones (excluding diaryl/α,β-unsaturated/α-hetero) is 1. The van der Waals surface area contributed by atoms with Gasteiger partial charge in [0.15, 0.2) is 5.78 Å². The van der Waals surface area contributed by atoms with E-state index in [0.717, 1.165) is 6.29 Å². The summed E-state index contributed by atoms with van der Waals surface area (Å²) in [7, 11) is 0. The molecule has 0 fully saturated rings. The number of aliphatic hydroxyl groups is 2. The van der Waals surface area contributed by atoms with Crippen molar-refractivity contribution in [2.75, 3.05) is 19.8 Å². The molecule has 0 saturated carbocycles. The molecule has 5 nitrogen and oxygen atoms in total. The summed E-state index contributed by atoms with van der Waals surface area (Å²) in [4.78, 5) is 21.8. The second kappa shape index (κ2) is 6.78. The first kappa shape index (κ1) is 13.3. The number of hydrogen-bond donors (Lipinski definition) is 2. The second-order valence-electron chi connectivity index (χ2n) is 3.34. The monoisotopic (exact) mass is 238 g/mol. The molecule has 0 aromatic heterocycles. The molecule has 0 radical (unpaired) electrons. The summed E-state index contributed by atoms with van der Waals surface area (Å²) in [5.74, 6) is 0.631. The SMILES string of the molecule is O=Cc1ccc2c(c1)C(=O)CCO2.OCCO. The molecule has 17 heavy (non-hydrogen) atoms. The smallest absolute Gasteiger partial charge is 0.170 e. The van der Waals surface area contributed by atoms with Crippen LogP contribution in [0.5, 0.6) is 5.75 Å². The Balaban J connectivity index is 0.000000317. The van der Waals surface area contributed by atoms with Crippen molar-refractivity contribution in [3.8, 4) is 5.75 Å². The van der Waals surface area contributed by atoms with Crippen molar-refractivity contribution in [1.82, 2.24) is 0 Å². The van der Waals surface area contributed by atoms with Gasteiger partial charge in [-0.05, 0) is 18.2 Å². The van der Waals surface area contributed by atoms with Crippen molar-refractivity contribution in [3.05, 3.63) is 29.3 Å². The van der Waals surface area contributed by atoms with Gasteiger partial charge in [0.25, 0.3) is 0 Å². The summed E-state index contributed by atoms with van der Waals surface area (Å²) < 4.78 is 5.26. The zero-order valence-electron chi connectivity index (χ0n) is 9.26. The lowest BCUT2D eigenvalue weighted by atomic mass is 10.0. The Morgan fingerprint density at radius 2 is 2.00 bits per heavy atom. The Labute approximate surface area is 98.6 Å². The van der Waals surface area contributed by atoms with Crippen molar-refractivity contribution in [2.24, 2.45) is 0 Å². The number of ketones is 1. The van der Waals surface area contributed by atoms with Gasteiger partial charge in [0.2, 0.25) is 0 Å². The van der Waals surface area contributed by atoms with Crippen LogP contribution < -0.4 is 4.74 Å². The van der Waals surface area contributed by atoms with Gasteiger partial charge in [-0.3, -0.25) is 9.59 Å². The van der Waals surface area contributed by atoms with E-state index in [9.17, 15) is 9.59 Å². The van der Waals surface area contributed by atoms with Crippen LogP contribution in [0, 0.1) is 0 Å². The highest BCUT2D eigenvalue weighted by Crippen LogP contribution is 2.24. The topological polar surface area (TPSA) is 83.8 Å². The summed E-state index contributed by atoms with van der Waals surface area (Å²) in [6.07, 6.45) is 1.12. The first-order chi connectivity index (χ1) is 8.22. The second-order valence-corrected chi connectivity index (χ2v) is 3.34. The number of carbonyl (C=O) groups excluding carboxylic acids is 2. The van der Waals surface area contributed by atoms with E-state index in [0.29, 0.717) is 29.9 Å². The summed E-state index contributed by atoms with van der Waals surface area (Å²) in [6, 6.07) is 4.88. The number of fused-ring (bicyclic) bond motifs is 1. The molecule has 0 aliphatic carbocycles. The van der Waals surface area contributed by atoms with E-state index < -0.39 is 0 Å². The van der Waals surface area contributed by atoms with E-state index in [1.54, 1.807) is 18.2 Å². The summed E-state index contributed by atoms with van der Waals surface area (Å²) in [6.45, 7) is 0.187. The van der Waals surface area contributed by atoms with Crippen LogP contribution in [0.4, 0.5) is 0 Å². The molecule has 5 heteroatoms. The van der Waals surface area contributed by atoms with E-state index in [2.05, 4.69) is 0 Å². The minimum atomic E-state index is -0.125. The Kier molecular flexibility index (Phi) is 5.32. The van der Waals surface area contributed by atoms with Crippen LogP contribution in [0.3, 0.4) is 0 Å². The van der Waals surface area contributed by atoms with E-state index in [4.69, 9.17) is 14.9 Å². The predicted octanol–water partition coefficient (Wildman–Crippen LogP) is 0.435. The lowest BCUT2D eigenvalue weighted by molar-refractivity contribution is 0.0933. The van der Waals surface area contributed by atoms with Crippen LogP contribution >= 0.6 is 0 Å². The fraction of sp³-hybridized carbons (Fsp3) is 0.333. The molecule has 0 amide bonds. The van der Waals surface area contributed by atoms with Gasteiger partial charge >= 0.3 is 0 Å². The Hall–Kier alpha value is -1.72. The first-order valence-corrected chi connectivity index (χ1v) is 5.20. The van der Waals surface area contributed by atoms with Crippen LogP contribution in [0.2, 0.25) is 0 Å². The van der Waals surface area contributed by atoms with E-state index >= 15 is 0 Å². The van der Waals surface area contributed by atoms with Gasteiger partial charge < -0.3 is 14.9 Å². The van der Waals surface area contributed by atoms with Crippen LogP contribution in [0.1, 0.15) is 27.1 Å². The van der Waals surface area contributed by atoms with E-state index in [-0.39, 0.29) is 19.0 Å². The van der Waals surface area contributed by atoms with Crippen molar-refractivity contribution >= 4 is 12.1 Å².